The average Bonchev–Trinajstić information content (AvgIpc) is 2.82. The number of aliphatic carboxylic acids is 1. The zero-order valence-electron chi connectivity index (χ0n) is 9.61. The van der Waals surface area contributed by atoms with Crippen LogP contribution in [0.3, 0.4) is 0 Å². The lowest BCUT2D eigenvalue weighted by molar-refractivity contribution is -0.137. The fraction of sp³-hybridized carbons (Fsp3) is 0.333. The number of carbonyl (C=O) groups excluding carboxylic acids is 2. The van der Waals surface area contributed by atoms with Crippen LogP contribution in [-0.4, -0.2) is 45.4 Å². The molecule has 0 bridgehead atoms. The quantitative estimate of drug-likeness (QED) is 0.280. The molecular weight excluding hydrogens is 276 g/mol. The first-order valence-corrected chi connectivity index (χ1v) is 5.86. The number of amides is 1. The van der Waals surface area contributed by atoms with E-state index in [0.717, 1.165) is 11.5 Å². The predicted molar refractivity (Wildman–Crippen MR) is 65.0 cm³/mol. The van der Waals surface area contributed by atoms with Crippen LogP contribution < -0.4 is 5.32 Å². The molecule has 1 aromatic heterocycles. The molecule has 19 heavy (non-hydrogen) atoms. The molecule has 1 aromatic rings. The van der Waals surface area contributed by atoms with Crippen molar-refractivity contribution >= 4 is 41.0 Å². The number of anilines is 1. The van der Waals surface area contributed by atoms with Gasteiger partial charge in [-0.15, -0.1) is 0 Å². The number of oxime groups is 1. The van der Waals surface area contributed by atoms with E-state index in [1.165, 1.54) is 0 Å². The number of aromatic nitrogens is 2. The predicted octanol–water partition coefficient (Wildman–Crippen LogP) is -0.109. The van der Waals surface area contributed by atoms with Gasteiger partial charge in [0.25, 0.3) is 0 Å². The fourth-order valence-electron chi connectivity index (χ4n) is 0.955. The number of hydrogen-bond acceptors (Lipinski definition) is 8. The highest BCUT2D eigenvalue weighted by atomic mass is 32.1. The third-order valence-electron chi connectivity index (χ3n) is 1.74. The summed E-state index contributed by atoms with van der Waals surface area (Å²) in [4.78, 5) is 39.8. The van der Waals surface area contributed by atoms with E-state index in [4.69, 9.17) is 9.94 Å². The van der Waals surface area contributed by atoms with Crippen molar-refractivity contribution < 1.29 is 24.3 Å². The Morgan fingerprint density at radius 3 is 2.95 bits per heavy atom. The van der Waals surface area contributed by atoms with Gasteiger partial charge in [0.1, 0.15) is 6.61 Å². The Kier molecular flexibility index (Phi) is 6.09. The lowest BCUT2D eigenvalue weighted by Crippen LogP contribution is -2.07. The van der Waals surface area contributed by atoms with Gasteiger partial charge in [-0.25, -0.2) is 0 Å². The maximum absolute atomic E-state index is 10.8. The largest absolute Gasteiger partial charge is 0.481 e. The zero-order valence-corrected chi connectivity index (χ0v) is 10.4. The Bertz CT molecular complexity index is 487. The van der Waals surface area contributed by atoms with E-state index in [9.17, 15) is 14.4 Å². The molecule has 2 N–H and O–H groups in total. The Hall–Kier alpha value is -2.36. The molecule has 0 unspecified atom stereocenters. The summed E-state index contributed by atoms with van der Waals surface area (Å²) in [5.41, 5.74) is -0.134. The van der Waals surface area contributed by atoms with E-state index in [1.54, 1.807) is 0 Å². The van der Waals surface area contributed by atoms with Crippen LogP contribution in [0.4, 0.5) is 5.13 Å². The summed E-state index contributed by atoms with van der Waals surface area (Å²) < 4.78 is 3.81. The van der Waals surface area contributed by atoms with Crippen molar-refractivity contribution in [2.24, 2.45) is 5.16 Å². The van der Waals surface area contributed by atoms with E-state index >= 15 is 0 Å². The third kappa shape index (κ3) is 5.21. The van der Waals surface area contributed by atoms with E-state index < -0.39 is 5.97 Å². The number of carbonyl (C=O) groups is 3. The van der Waals surface area contributed by atoms with E-state index in [2.05, 4.69) is 19.8 Å². The lowest BCUT2D eigenvalue weighted by atomic mass is 10.3. The third-order valence-corrected chi connectivity index (χ3v) is 2.38. The van der Waals surface area contributed by atoms with Gasteiger partial charge in [0.05, 0.1) is 0 Å². The molecule has 102 valence electrons. The van der Waals surface area contributed by atoms with Crippen LogP contribution in [0, 0.1) is 0 Å². The maximum atomic E-state index is 10.8. The van der Waals surface area contributed by atoms with E-state index in [0.29, 0.717) is 12.7 Å². The first kappa shape index (κ1) is 14.7. The highest BCUT2D eigenvalue weighted by Crippen LogP contribution is 2.10. The second kappa shape index (κ2) is 7.87. The van der Waals surface area contributed by atoms with Crippen LogP contribution in [0.25, 0.3) is 0 Å². The number of carboxylic acids is 1. The van der Waals surface area contributed by atoms with Crippen molar-refractivity contribution in [2.75, 3.05) is 11.9 Å². The van der Waals surface area contributed by atoms with Gasteiger partial charge in [0, 0.05) is 18.0 Å². The molecular formula is C9H10N4O5S. The molecule has 0 spiro atoms. The van der Waals surface area contributed by atoms with E-state index in [1.807, 2.05) is 0 Å². The van der Waals surface area contributed by atoms with Crippen molar-refractivity contribution in [2.45, 2.75) is 12.8 Å². The summed E-state index contributed by atoms with van der Waals surface area (Å²) >= 11 is 0.889. The molecule has 1 rings (SSSR count). The summed E-state index contributed by atoms with van der Waals surface area (Å²) in [5.74, 6) is -0.906. The van der Waals surface area contributed by atoms with Crippen molar-refractivity contribution in [1.82, 2.24) is 9.36 Å². The summed E-state index contributed by atoms with van der Waals surface area (Å²) in [6.45, 7) is 0.0627. The van der Waals surface area contributed by atoms with Crippen molar-refractivity contribution in [1.29, 1.82) is 0 Å². The highest BCUT2D eigenvalue weighted by Gasteiger charge is 2.11. The van der Waals surface area contributed by atoms with Gasteiger partial charge in [-0.2, -0.15) is 9.36 Å². The Labute approximate surface area is 111 Å². The fourth-order valence-corrected chi connectivity index (χ4v) is 1.49. The minimum absolute atomic E-state index is 0.0302. The van der Waals surface area contributed by atoms with Gasteiger partial charge in [-0.05, 0) is 6.42 Å². The summed E-state index contributed by atoms with van der Waals surface area (Å²) in [6.07, 6.45) is 1.07. The van der Waals surface area contributed by atoms with Gasteiger partial charge >= 0.3 is 5.97 Å². The first-order chi connectivity index (χ1) is 9.17. The summed E-state index contributed by atoms with van der Waals surface area (Å²) in [7, 11) is 0. The van der Waals surface area contributed by atoms with Gasteiger partial charge in [0.15, 0.2) is 17.8 Å². The molecule has 0 radical (unpaired) electrons. The average molecular weight is 286 g/mol. The lowest BCUT2D eigenvalue weighted by Gasteiger charge is -1.97. The molecule has 10 heteroatoms. The van der Waals surface area contributed by atoms with Crippen LogP contribution in [0.5, 0.6) is 0 Å². The van der Waals surface area contributed by atoms with Gasteiger partial charge in [-0.1, -0.05) is 5.16 Å². The summed E-state index contributed by atoms with van der Waals surface area (Å²) in [5, 5.41) is 14.4. The smallest absolute Gasteiger partial charge is 0.303 e. The number of nitrogens with one attached hydrogen (secondary N) is 1. The van der Waals surface area contributed by atoms with Gasteiger partial charge in [-0.3, -0.25) is 14.4 Å². The van der Waals surface area contributed by atoms with Crippen LogP contribution in [0.1, 0.15) is 18.7 Å². The molecule has 0 saturated heterocycles. The molecule has 1 amide bonds. The van der Waals surface area contributed by atoms with Gasteiger partial charge < -0.3 is 15.3 Å². The number of aldehydes is 1. The first-order valence-electron chi connectivity index (χ1n) is 5.08. The molecule has 0 atom stereocenters. The molecule has 0 aliphatic carbocycles. The van der Waals surface area contributed by atoms with Crippen LogP contribution in [0.2, 0.25) is 0 Å². The molecule has 0 aliphatic heterocycles. The molecule has 1 heterocycles. The van der Waals surface area contributed by atoms with Crippen LogP contribution in [0.15, 0.2) is 5.16 Å². The SMILES string of the molecule is O=CNc1nc(C(C=O)=NOCCCC(=O)O)ns1. The van der Waals surface area contributed by atoms with Crippen LogP contribution in [-0.2, 0) is 19.2 Å². The normalized spacial score (nSPS) is 10.8. The maximum Gasteiger partial charge on any atom is 0.303 e. The monoisotopic (exact) mass is 286 g/mol. The Morgan fingerprint density at radius 1 is 1.53 bits per heavy atom. The zero-order chi connectivity index (χ0) is 14.1. The van der Waals surface area contributed by atoms with E-state index in [-0.39, 0.29) is 36.1 Å². The minimum atomic E-state index is -0.936. The van der Waals surface area contributed by atoms with Gasteiger partial charge in [0.2, 0.25) is 11.5 Å². The van der Waals surface area contributed by atoms with Crippen molar-refractivity contribution in [3.05, 3.63) is 5.82 Å². The molecule has 0 aromatic carbocycles. The van der Waals surface area contributed by atoms with Crippen LogP contribution >= 0.6 is 11.5 Å². The number of carboxylic acid groups (broad SMARTS) is 1. The molecule has 0 fully saturated rings. The van der Waals surface area contributed by atoms with Crippen molar-refractivity contribution in [3.63, 3.8) is 0 Å². The summed E-state index contributed by atoms with van der Waals surface area (Å²) in [6, 6.07) is 0. The standard InChI is InChI=1S/C9H10N4O5S/c14-4-6(12-18-3-1-2-7(16)17)8-11-9(10-5-15)19-13-8/h4-5H,1-3H2,(H,16,17)(H,10,11,13,15). The number of nitrogens with zero attached hydrogens (tertiary/aromatic N) is 3. The second-order valence-corrected chi connectivity index (χ2v) is 3.86. The minimum Gasteiger partial charge on any atom is -0.481 e. The number of hydrogen-bond donors (Lipinski definition) is 2. The molecule has 0 aliphatic rings. The molecule has 9 nitrogen and oxygen atoms in total. The highest BCUT2D eigenvalue weighted by molar-refractivity contribution is 7.10. The number of rotatable bonds is 9. The second-order valence-electron chi connectivity index (χ2n) is 3.11. The Balaban J connectivity index is 2.53. The van der Waals surface area contributed by atoms with Crippen molar-refractivity contribution in [3.8, 4) is 0 Å². The Morgan fingerprint density at radius 2 is 2.32 bits per heavy atom. The topological polar surface area (TPSA) is 131 Å². The molecule has 0 saturated carbocycles.